The van der Waals surface area contributed by atoms with Gasteiger partial charge in [0.15, 0.2) is 17.3 Å². The maximum absolute atomic E-state index is 13.8. The molecule has 0 spiro atoms. The van der Waals surface area contributed by atoms with Crippen molar-refractivity contribution in [3.05, 3.63) is 82.7 Å². The van der Waals surface area contributed by atoms with Gasteiger partial charge < -0.3 is 24.8 Å². The number of nitrogens with zero attached hydrogens (tertiary/aromatic N) is 4. The lowest BCUT2D eigenvalue weighted by Crippen LogP contribution is -2.32. The standard InChI is InChI=1S/C27H25ClN6O4/c1-15-23(26(35)31-22-11-7-8-12-29-22)24(17-13-20(37-3)21(38-4)14-19(17)36-2)34-27(30-15)32-25(33-34)16-9-5-6-10-18(16)28/h5-14,24H,1-4H3,(H,29,31,35)(H,30,32,33). The molecule has 0 fully saturated rings. The van der Waals surface area contributed by atoms with Gasteiger partial charge in [0.05, 0.1) is 31.9 Å². The number of methoxy groups -OCH3 is 3. The number of hydrogen-bond donors (Lipinski definition) is 2. The highest BCUT2D eigenvalue weighted by Gasteiger charge is 2.37. The summed E-state index contributed by atoms with van der Waals surface area (Å²) in [6.07, 6.45) is 1.61. The van der Waals surface area contributed by atoms with Gasteiger partial charge in [0.25, 0.3) is 5.91 Å². The molecule has 1 aliphatic rings. The van der Waals surface area contributed by atoms with Crippen molar-refractivity contribution in [2.24, 2.45) is 0 Å². The minimum absolute atomic E-state index is 0.365. The predicted octanol–water partition coefficient (Wildman–Crippen LogP) is 4.95. The molecule has 3 heterocycles. The number of rotatable bonds is 7. The van der Waals surface area contributed by atoms with E-state index in [1.54, 1.807) is 75.5 Å². The molecule has 11 heteroatoms. The number of anilines is 2. The molecule has 1 aliphatic heterocycles. The average molecular weight is 533 g/mol. The molecular formula is C27H25ClN6O4. The smallest absolute Gasteiger partial charge is 0.257 e. The van der Waals surface area contributed by atoms with E-state index in [2.05, 4.69) is 15.6 Å². The highest BCUT2D eigenvalue weighted by molar-refractivity contribution is 6.33. The van der Waals surface area contributed by atoms with E-state index in [0.29, 0.717) is 62.3 Å². The first-order valence-electron chi connectivity index (χ1n) is 11.7. The molecule has 2 aromatic heterocycles. The van der Waals surface area contributed by atoms with Crippen molar-refractivity contribution < 1.29 is 19.0 Å². The van der Waals surface area contributed by atoms with Crippen molar-refractivity contribution in [3.8, 4) is 28.6 Å². The maximum atomic E-state index is 13.8. The number of benzene rings is 2. The van der Waals surface area contributed by atoms with Crippen LogP contribution in [0.1, 0.15) is 18.5 Å². The third-order valence-corrected chi connectivity index (χ3v) is 6.48. The van der Waals surface area contributed by atoms with Crippen LogP contribution in [-0.2, 0) is 4.79 Å². The van der Waals surface area contributed by atoms with Crippen LogP contribution in [0.15, 0.2) is 72.1 Å². The van der Waals surface area contributed by atoms with Crippen molar-refractivity contribution in [2.75, 3.05) is 32.0 Å². The van der Waals surface area contributed by atoms with E-state index in [1.165, 1.54) is 0 Å². The van der Waals surface area contributed by atoms with Crippen molar-refractivity contribution in [1.82, 2.24) is 19.7 Å². The van der Waals surface area contributed by atoms with E-state index < -0.39 is 6.04 Å². The Morgan fingerprint density at radius 3 is 2.39 bits per heavy atom. The molecule has 10 nitrogen and oxygen atoms in total. The van der Waals surface area contributed by atoms with Crippen LogP contribution in [0.25, 0.3) is 11.4 Å². The van der Waals surface area contributed by atoms with Crippen LogP contribution in [0, 0.1) is 0 Å². The quantitative estimate of drug-likeness (QED) is 0.344. The van der Waals surface area contributed by atoms with Gasteiger partial charge in [0, 0.05) is 29.1 Å². The van der Waals surface area contributed by atoms with Gasteiger partial charge >= 0.3 is 0 Å². The summed E-state index contributed by atoms with van der Waals surface area (Å²) in [7, 11) is 4.64. The van der Waals surface area contributed by atoms with E-state index in [4.69, 9.17) is 35.9 Å². The fourth-order valence-corrected chi connectivity index (χ4v) is 4.60. The second-order valence-electron chi connectivity index (χ2n) is 8.37. The molecular weight excluding hydrogens is 508 g/mol. The van der Waals surface area contributed by atoms with E-state index in [9.17, 15) is 4.79 Å². The largest absolute Gasteiger partial charge is 0.496 e. The minimum atomic E-state index is -0.742. The van der Waals surface area contributed by atoms with Gasteiger partial charge in [-0.2, -0.15) is 4.98 Å². The molecule has 0 saturated carbocycles. The van der Waals surface area contributed by atoms with E-state index in [0.717, 1.165) is 0 Å². The highest BCUT2D eigenvalue weighted by atomic mass is 35.5. The Kier molecular flexibility index (Phi) is 6.89. The van der Waals surface area contributed by atoms with Crippen LogP contribution in [0.5, 0.6) is 17.2 Å². The number of carbonyl (C=O) groups excluding carboxylic acids is 1. The van der Waals surface area contributed by atoms with Crippen LogP contribution >= 0.6 is 11.6 Å². The SMILES string of the molecule is COc1cc(OC)c(C2C(C(=O)Nc3ccccn3)=C(C)Nc3nc(-c4ccccc4Cl)nn32)cc1OC. The van der Waals surface area contributed by atoms with Gasteiger partial charge in [-0.3, -0.25) is 4.79 Å². The number of allylic oxidation sites excluding steroid dienone is 1. The second-order valence-corrected chi connectivity index (χ2v) is 8.78. The van der Waals surface area contributed by atoms with Crippen molar-refractivity contribution in [1.29, 1.82) is 0 Å². The fraction of sp³-hybridized carbons (Fsp3) is 0.185. The third kappa shape index (κ3) is 4.50. The van der Waals surface area contributed by atoms with Crippen molar-refractivity contribution in [2.45, 2.75) is 13.0 Å². The van der Waals surface area contributed by atoms with E-state index >= 15 is 0 Å². The lowest BCUT2D eigenvalue weighted by atomic mass is 9.93. The first-order chi connectivity index (χ1) is 18.4. The topological polar surface area (TPSA) is 112 Å². The Bertz CT molecular complexity index is 1540. The summed E-state index contributed by atoms with van der Waals surface area (Å²) in [5, 5.41) is 11.4. The Morgan fingerprint density at radius 2 is 1.71 bits per heavy atom. The van der Waals surface area contributed by atoms with E-state index in [1.807, 2.05) is 18.2 Å². The molecule has 0 radical (unpaired) electrons. The number of carbonyl (C=O) groups is 1. The van der Waals surface area contributed by atoms with Gasteiger partial charge in [-0.15, -0.1) is 5.10 Å². The number of fused-ring (bicyclic) bond motifs is 1. The minimum Gasteiger partial charge on any atom is -0.496 e. The van der Waals surface area contributed by atoms with Gasteiger partial charge in [0.1, 0.15) is 17.6 Å². The summed E-state index contributed by atoms with van der Waals surface area (Å²) in [5.41, 5.74) is 2.26. The summed E-state index contributed by atoms with van der Waals surface area (Å²) in [4.78, 5) is 22.7. The lowest BCUT2D eigenvalue weighted by Gasteiger charge is -2.30. The van der Waals surface area contributed by atoms with Crippen LogP contribution in [0.2, 0.25) is 5.02 Å². The molecule has 1 atom stereocenters. The first kappa shape index (κ1) is 25.1. The summed E-state index contributed by atoms with van der Waals surface area (Å²) >= 11 is 6.45. The Labute approximate surface area is 224 Å². The Morgan fingerprint density at radius 1 is 1.00 bits per heavy atom. The monoisotopic (exact) mass is 532 g/mol. The Balaban J connectivity index is 1.71. The maximum Gasteiger partial charge on any atom is 0.257 e. The van der Waals surface area contributed by atoms with Crippen molar-refractivity contribution in [3.63, 3.8) is 0 Å². The molecule has 2 aromatic carbocycles. The van der Waals surface area contributed by atoms with Gasteiger partial charge in [-0.05, 0) is 37.3 Å². The molecule has 2 N–H and O–H groups in total. The van der Waals surface area contributed by atoms with Crippen molar-refractivity contribution >= 4 is 29.3 Å². The lowest BCUT2D eigenvalue weighted by molar-refractivity contribution is -0.113. The molecule has 1 unspecified atom stereocenters. The number of ether oxygens (including phenoxy) is 3. The van der Waals surface area contributed by atoms with E-state index in [-0.39, 0.29) is 5.91 Å². The number of halogens is 1. The fourth-order valence-electron chi connectivity index (χ4n) is 4.38. The highest BCUT2D eigenvalue weighted by Crippen LogP contribution is 2.44. The molecule has 5 rings (SSSR count). The van der Waals surface area contributed by atoms with Crippen LogP contribution in [0.4, 0.5) is 11.8 Å². The van der Waals surface area contributed by atoms with Gasteiger partial charge in [-0.1, -0.05) is 29.8 Å². The normalized spacial score (nSPS) is 14.4. The van der Waals surface area contributed by atoms with Crippen LogP contribution < -0.4 is 24.8 Å². The molecule has 1 amide bonds. The zero-order valence-electron chi connectivity index (χ0n) is 21.2. The zero-order chi connectivity index (χ0) is 26.8. The number of amides is 1. The summed E-state index contributed by atoms with van der Waals surface area (Å²) < 4.78 is 18.4. The van der Waals surface area contributed by atoms with Gasteiger partial charge in [0.2, 0.25) is 5.95 Å². The first-order valence-corrected chi connectivity index (χ1v) is 12.0. The number of hydrogen-bond acceptors (Lipinski definition) is 8. The second kappa shape index (κ2) is 10.4. The molecule has 0 aliphatic carbocycles. The van der Waals surface area contributed by atoms with Crippen LogP contribution in [-0.4, -0.2) is 47.0 Å². The molecule has 0 bridgehead atoms. The number of aromatic nitrogens is 4. The van der Waals surface area contributed by atoms with Crippen LogP contribution in [0.3, 0.4) is 0 Å². The molecule has 0 saturated heterocycles. The molecule has 4 aromatic rings. The predicted molar refractivity (Wildman–Crippen MR) is 144 cm³/mol. The molecule has 38 heavy (non-hydrogen) atoms. The number of nitrogens with one attached hydrogen (secondary N) is 2. The number of pyridine rings is 1. The summed E-state index contributed by atoms with van der Waals surface area (Å²) in [5.74, 6) is 2.32. The molecule has 194 valence electrons. The average Bonchev–Trinajstić information content (AvgIpc) is 3.35. The summed E-state index contributed by atoms with van der Waals surface area (Å²) in [6, 6.07) is 15.3. The third-order valence-electron chi connectivity index (χ3n) is 6.15. The Hall–Kier alpha value is -4.57. The summed E-state index contributed by atoms with van der Waals surface area (Å²) in [6.45, 7) is 1.81. The van der Waals surface area contributed by atoms with Gasteiger partial charge in [-0.25, -0.2) is 9.67 Å². The zero-order valence-corrected chi connectivity index (χ0v) is 21.9.